The molecule has 0 unspecified atom stereocenters. The van der Waals surface area contributed by atoms with Gasteiger partial charge in [-0.1, -0.05) is 6.07 Å². The molecule has 0 aromatic carbocycles. The zero-order chi connectivity index (χ0) is 19.5. The van der Waals surface area contributed by atoms with Crippen LogP contribution in [-0.4, -0.2) is 65.4 Å². The lowest BCUT2D eigenvalue weighted by Gasteiger charge is -2.42. The van der Waals surface area contributed by atoms with Crippen LogP contribution >= 0.6 is 0 Å². The van der Waals surface area contributed by atoms with Crippen LogP contribution in [0.4, 0.5) is 18.0 Å². The third-order valence-corrected chi connectivity index (χ3v) is 3.91. The van der Waals surface area contributed by atoms with Crippen molar-refractivity contribution in [3.05, 3.63) is 23.9 Å². The maximum absolute atomic E-state index is 13.5. The monoisotopic (exact) mass is 375 g/mol. The first-order valence-corrected chi connectivity index (χ1v) is 8.27. The highest BCUT2D eigenvalue weighted by atomic mass is 19.4. The van der Waals surface area contributed by atoms with Crippen molar-refractivity contribution in [1.82, 2.24) is 14.8 Å². The Labute approximate surface area is 150 Å². The largest absolute Gasteiger partial charge is 0.481 e. The lowest BCUT2D eigenvalue weighted by molar-refractivity contribution is -0.197. The van der Waals surface area contributed by atoms with Crippen LogP contribution in [0.2, 0.25) is 0 Å². The van der Waals surface area contributed by atoms with Crippen LogP contribution in [-0.2, 0) is 11.3 Å². The van der Waals surface area contributed by atoms with Crippen molar-refractivity contribution in [2.75, 3.05) is 26.7 Å². The summed E-state index contributed by atoms with van der Waals surface area (Å²) < 4.78 is 50.7. The molecule has 0 N–H and O–H groups in total. The fraction of sp³-hybridized carbons (Fsp3) is 0.647. The molecule has 1 aromatic rings. The molecule has 1 saturated heterocycles. The van der Waals surface area contributed by atoms with Crippen molar-refractivity contribution in [1.29, 1.82) is 0 Å². The molecule has 0 aliphatic carbocycles. The number of hydrogen-bond donors (Lipinski definition) is 0. The number of carbonyl (C=O) groups excluding carboxylic acids is 1. The number of nitrogens with zero attached hydrogens (tertiary/aromatic N) is 3. The molecule has 0 saturated carbocycles. The van der Waals surface area contributed by atoms with E-state index in [0.717, 1.165) is 4.90 Å². The molecular formula is C17H24F3N3O3. The molecule has 9 heteroatoms. The number of amides is 1. The second-order valence-electron chi connectivity index (χ2n) is 7.16. The molecule has 2 heterocycles. The Morgan fingerprint density at radius 1 is 1.27 bits per heavy atom. The molecule has 1 aliphatic rings. The number of carbonyl (C=O) groups is 1. The summed E-state index contributed by atoms with van der Waals surface area (Å²) in [7, 11) is 1.47. The Hall–Kier alpha value is -2.03. The van der Waals surface area contributed by atoms with Gasteiger partial charge in [-0.15, -0.1) is 0 Å². The number of rotatable bonds is 3. The van der Waals surface area contributed by atoms with Gasteiger partial charge in [0.15, 0.2) is 0 Å². The zero-order valence-corrected chi connectivity index (χ0v) is 15.3. The number of ether oxygens (including phenoxy) is 2. The first-order valence-electron chi connectivity index (χ1n) is 8.27. The van der Waals surface area contributed by atoms with Gasteiger partial charge in [0.1, 0.15) is 11.6 Å². The highest BCUT2D eigenvalue weighted by Gasteiger charge is 2.47. The number of halogens is 3. The van der Waals surface area contributed by atoms with Crippen LogP contribution in [0, 0.1) is 0 Å². The fourth-order valence-corrected chi connectivity index (χ4v) is 2.67. The van der Waals surface area contributed by atoms with Gasteiger partial charge in [-0.25, -0.2) is 9.78 Å². The zero-order valence-electron chi connectivity index (χ0n) is 15.3. The van der Waals surface area contributed by atoms with Gasteiger partial charge >= 0.3 is 12.3 Å². The Kier molecular flexibility index (Phi) is 6.00. The Balaban J connectivity index is 2.09. The van der Waals surface area contributed by atoms with Gasteiger partial charge < -0.3 is 14.4 Å². The van der Waals surface area contributed by atoms with Crippen molar-refractivity contribution < 1.29 is 27.4 Å². The normalized spacial score (nSPS) is 19.3. The quantitative estimate of drug-likeness (QED) is 0.813. The highest BCUT2D eigenvalue weighted by molar-refractivity contribution is 5.68. The number of pyridine rings is 1. The van der Waals surface area contributed by atoms with Crippen LogP contribution in [0.3, 0.4) is 0 Å². The van der Waals surface area contributed by atoms with E-state index in [-0.39, 0.29) is 19.6 Å². The topological polar surface area (TPSA) is 54.9 Å². The summed E-state index contributed by atoms with van der Waals surface area (Å²) in [5, 5.41) is 0. The lowest BCUT2D eigenvalue weighted by Crippen LogP contribution is -2.60. The molecule has 1 aromatic heterocycles. The van der Waals surface area contributed by atoms with Crippen molar-refractivity contribution in [3.63, 3.8) is 0 Å². The van der Waals surface area contributed by atoms with E-state index in [1.807, 2.05) is 0 Å². The summed E-state index contributed by atoms with van der Waals surface area (Å²) in [6, 6.07) is 1.53. The maximum atomic E-state index is 13.5. The molecule has 1 amide bonds. The second kappa shape index (κ2) is 7.69. The highest BCUT2D eigenvalue weighted by Crippen LogP contribution is 2.29. The summed E-state index contributed by atoms with van der Waals surface area (Å²) in [5.41, 5.74) is -0.109. The van der Waals surface area contributed by atoms with E-state index in [4.69, 9.17) is 9.47 Å². The first kappa shape index (κ1) is 20.3. The van der Waals surface area contributed by atoms with Crippen LogP contribution < -0.4 is 4.74 Å². The van der Waals surface area contributed by atoms with Gasteiger partial charge in [0.2, 0.25) is 5.88 Å². The molecule has 0 spiro atoms. The number of alkyl halides is 3. The van der Waals surface area contributed by atoms with Crippen LogP contribution in [0.25, 0.3) is 0 Å². The average molecular weight is 375 g/mol. The van der Waals surface area contributed by atoms with E-state index in [2.05, 4.69) is 4.98 Å². The molecule has 1 atom stereocenters. The molecule has 0 radical (unpaired) electrons. The van der Waals surface area contributed by atoms with Gasteiger partial charge in [0.05, 0.1) is 7.11 Å². The smallest absolute Gasteiger partial charge is 0.410 e. The van der Waals surface area contributed by atoms with Crippen molar-refractivity contribution in [2.24, 2.45) is 0 Å². The van der Waals surface area contributed by atoms with E-state index in [1.165, 1.54) is 18.2 Å². The Bertz CT molecular complexity index is 614. The Morgan fingerprint density at radius 3 is 2.46 bits per heavy atom. The second-order valence-corrected chi connectivity index (χ2v) is 7.16. The number of aromatic nitrogens is 1. The van der Waals surface area contributed by atoms with Crippen LogP contribution in [0.15, 0.2) is 18.3 Å². The lowest BCUT2D eigenvalue weighted by atomic mass is 10.1. The molecule has 1 fully saturated rings. The molecule has 26 heavy (non-hydrogen) atoms. The summed E-state index contributed by atoms with van der Waals surface area (Å²) >= 11 is 0. The molecule has 1 aliphatic heterocycles. The van der Waals surface area contributed by atoms with Crippen molar-refractivity contribution in [3.8, 4) is 5.88 Å². The van der Waals surface area contributed by atoms with E-state index < -0.39 is 30.5 Å². The summed E-state index contributed by atoms with van der Waals surface area (Å²) in [6.07, 6.45) is -3.69. The first-order chi connectivity index (χ1) is 12.0. The summed E-state index contributed by atoms with van der Waals surface area (Å²) in [4.78, 5) is 18.6. The van der Waals surface area contributed by atoms with Gasteiger partial charge in [0, 0.05) is 38.4 Å². The minimum absolute atomic E-state index is 0.0866. The number of methoxy groups -OCH3 is 1. The molecule has 146 valence electrons. The SMILES string of the molecule is COc1ccc(CN2CCN(C(=O)OC(C)(C)C)C[C@@H]2C(F)(F)F)cn1. The van der Waals surface area contributed by atoms with E-state index in [9.17, 15) is 18.0 Å². The van der Waals surface area contributed by atoms with Crippen LogP contribution in [0.5, 0.6) is 5.88 Å². The fourth-order valence-electron chi connectivity index (χ4n) is 2.67. The van der Waals surface area contributed by atoms with Gasteiger partial charge in [-0.3, -0.25) is 4.90 Å². The minimum Gasteiger partial charge on any atom is -0.481 e. The van der Waals surface area contributed by atoms with Gasteiger partial charge in [-0.2, -0.15) is 13.2 Å². The van der Waals surface area contributed by atoms with E-state index in [0.29, 0.717) is 11.4 Å². The standard InChI is InChI=1S/C17H24F3N3O3/c1-16(2,3)26-15(24)23-8-7-22(13(11-23)17(18,19)20)10-12-5-6-14(25-4)21-9-12/h5-6,9,13H,7-8,10-11H2,1-4H3/t13-/m1/s1. The van der Waals surface area contributed by atoms with Crippen LogP contribution in [0.1, 0.15) is 26.3 Å². The third-order valence-electron chi connectivity index (χ3n) is 3.91. The van der Waals surface area contributed by atoms with Crippen molar-refractivity contribution in [2.45, 2.75) is 45.1 Å². The van der Waals surface area contributed by atoms with Crippen molar-refractivity contribution >= 4 is 6.09 Å². The predicted molar refractivity (Wildman–Crippen MR) is 88.8 cm³/mol. The molecule has 6 nitrogen and oxygen atoms in total. The number of piperazine rings is 1. The third kappa shape index (κ3) is 5.48. The van der Waals surface area contributed by atoms with E-state index in [1.54, 1.807) is 32.9 Å². The molecule has 2 rings (SSSR count). The molecular weight excluding hydrogens is 351 g/mol. The van der Waals surface area contributed by atoms with E-state index >= 15 is 0 Å². The predicted octanol–water partition coefficient (Wildman–Crippen LogP) is 3.07. The Morgan fingerprint density at radius 2 is 1.96 bits per heavy atom. The van der Waals surface area contributed by atoms with Gasteiger partial charge in [0.25, 0.3) is 0 Å². The maximum Gasteiger partial charge on any atom is 0.410 e. The molecule has 0 bridgehead atoms. The minimum atomic E-state index is -4.46. The number of hydrogen-bond acceptors (Lipinski definition) is 5. The summed E-state index contributed by atoms with van der Waals surface area (Å²) in [6.45, 7) is 4.93. The summed E-state index contributed by atoms with van der Waals surface area (Å²) in [5.74, 6) is 0.399. The van der Waals surface area contributed by atoms with Gasteiger partial charge in [-0.05, 0) is 26.3 Å². The average Bonchev–Trinajstić information content (AvgIpc) is 2.53.